The molecular formula is C16H18ClN5O. The summed E-state index contributed by atoms with van der Waals surface area (Å²) in [7, 11) is 0. The number of aliphatic hydroxyl groups excluding tert-OH is 1. The summed E-state index contributed by atoms with van der Waals surface area (Å²) in [5.74, 6) is 0.676. The number of nitrogens with zero attached hydrogens (tertiary/aromatic N) is 4. The fourth-order valence-electron chi connectivity index (χ4n) is 2.29. The van der Waals surface area contributed by atoms with Crippen LogP contribution in [-0.2, 0) is 13.1 Å². The highest BCUT2D eigenvalue weighted by atomic mass is 35.5. The van der Waals surface area contributed by atoms with Gasteiger partial charge in [0.1, 0.15) is 11.8 Å². The Morgan fingerprint density at radius 1 is 1.22 bits per heavy atom. The monoisotopic (exact) mass is 331 g/mol. The largest absolute Gasteiger partial charge is 0.391 e. The second-order valence-electron chi connectivity index (χ2n) is 5.33. The quantitative estimate of drug-likeness (QED) is 0.726. The van der Waals surface area contributed by atoms with Crippen molar-refractivity contribution in [1.29, 1.82) is 0 Å². The van der Waals surface area contributed by atoms with E-state index in [9.17, 15) is 5.11 Å². The van der Waals surface area contributed by atoms with Crippen LogP contribution in [0, 0.1) is 0 Å². The molecule has 120 valence electrons. The summed E-state index contributed by atoms with van der Waals surface area (Å²) in [6, 6.07) is 7.64. The Balaban J connectivity index is 1.80. The highest BCUT2D eigenvalue weighted by molar-refractivity contribution is 6.30. The fourth-order valence-corrected chi connectivity index (χ4v) is 2.41. The number of rotatable bonds is 6. The number of hydrogen-bond acceptors (Lipinski definition) is 5. The highest BCUT2D eigenvalue weighted by Crippen LogP contribution is 2.19. The molecule has 0 bridgehead atoms. The predicted molar refractivity (Wildman–Crippen MR) is 90.4 cm³/mol. The van der Waals surface area contributed by atoms with Crippen LogP contribution in [0.3, 0.4) is 0 Å². The van der Waals surface area contributed by atoms with E-state index in [1.165, 1.54) is 6.33 Å². The third-order valence-electron chi connectivity index (χ3n) is 3.65. The van der Waals surface area contributed by atoms with Crippen LogP contribution in [-0.4, -0.2) is 30.7 Å². The van der Waals surface area contributed by atoms with Crippen molar-refractivity contribution in [3.8, 4) is 0 Å². The van der Waals surface area contributed by atoms with E-state index >= 15 is 0 Å². The molecule has 2 aromatic heterocycles. The normalized spacial score (nSPS) is 12.5. The Kier molecular flexibility index (Phi) is 4.73. The standard InChI is InChI=1S/C16H18ClN5O/c1-2-13(23)8-22-10-21-14-15(19-9-20-16(14)22)18-7-11-3-5-12(17)6-4-11/h3-6,9-10,13,23H,2,7-8H2,1H3,(H,18,19,20)/t13-/m1/s1. The first-order valence-electron chi connectivity index (χ1n) is 7.49. The summed E-state index contributed by atoms with van der Waals surface area (Å²) >= 11 is 5.89. The molecule has 3 rings (SSSR count). The molecule has 1 aromatic carbocycles. The van der Waals surface area contributed by atoms with Crippen molar-refractivity contribution in [1.82, 2.24) is 19.5 Å². The van der Waals surface area contributed by atoms with E-state index in [-0.39, 0.29) is 0 Å². The van der Waals surface area contributed by atoms with Gasteiger partial charge < -0.3 is 15.0 Å². The molecule has 0 saturated carbocycles. The number of aliphatic hydroxyl groups is 1. The maximum atomic E-state index is 9.81. The third-order valence-corrected chi connectivity index (χ3v) is 3.91. The smallest absolute Gasteiger partial charge is 0.165 e. The molecule has 0 radical (unpaired) electrons. The first kappa shape index (κ1) is 15.7. The summed E-state index contributed by atoms with van der Waals surface area (Å²) < 4.78 is 1.85. The van der Waals surface area contributed by atoms with Gasteiger partial charge in [-0.2, -0.15) is 0 Å². The summed E-state index contributed by atoms with van der Waals surface area (Å²) in [4.78, 5) is 12.9. The van der Waals surface area contributed by atoms with Crippen LogP contribution in [0.2, 0.25) is 5.02 Å². The van der Waals surface area contributed by atoms with Gasteiger partial charge in [-0.05, 0) is 24.1 Å². The molecule has 0 fully saturated rings. The van der Waals surface area contributed by atoms with Crippen molar-refractivity contribution in [3.63, 3.8) is 0 Å². The number of imidazole rings is 1. The van der Waals surface area contributed by atoms with Gasteiger partial charge in [0, 0.05) is 11.6 Å². The van der Waals surface area contributed by atoms with Crippen molar-refractivity contribution < 1.29 is 5.11 Å². The molecule has 0 unspecified atom stereocenters. The zero-order chi connectivity index (χ0) is 16.2. The van der Waals surface area contributed by atoms with Gasteiger partial charge in [-0.1, -0.05) is 30.7 Å². The van der Waals surface area contributed by atoms with E-state index in [0.717, 1.165) is 5.56 Å². The molecule has 1 atom stereocenters. The van der Waals surface area contributed by atoms with Crippen LogP contribution in [0.5, 0.6) is 0 Å². The van der Waals surface area contributed by atoms with E-state index in [0.29, 0.717) is 41.5 Å². The minimum atomic E-state index is -0.409. The number of fused-ring (bicyclic) bond motifs is 1. The van der Waals surface area contributed by atoms with Crippen LogP contribution in [0.1, 0.15) is 18.9 Å². The lowest BCUT2D eigenvalue weighted by molar-refractivity contribution is 0.151. The van der Waals surface area contributed by atoms with Gasteiger partial charge in [0.05, 0.1) is 19.0 Å². The molecule has 0 amide bonds. The summed E-state index contributed by atoms with van der Waals surface area (Å²) in [6.45, 7) is 3.03. The maximum absolute atomic E-state index is 9.81. The van der Waals surface area contributed by atoms with Crippen LogP contribution in [0.15, 0.2) is 36.9 Å². The zero-order valence-corrected chi connectivity index (χ0v) is 13.5. The SMILES string of the molecule is CC[C@@H](O)Cn1cnc2c(NCc3ccc(Cl)cc3)ncnc21. The molecule has 2 heterocycles. The highest BCUT2D eigenvalue weighted by Gasteiger charge is 2.12. The Bertz CT molecular complexity index is 787. The molecule has 0 aliphatic rings. The van der Waals surface area contributed by atoms with Crippen LogP contribution in [0.4, 0.5) is 5.82 Å². The Morgan fingerprint density at radius 3 is 2.74 bits per heavy atom. The summed E-state index contributed by atoms with van der Waals surface area (Å²) in [6.07, 6.45) is 3.47. The van der Waals surface area contributed by atoms with Gasteiger partial charge in [-0.15, -0.1) is 0 Å². The molecule has 0 spiro atoms. The van der Waals surface area contributed by atoms with Gasteiger partial charge >= 0.3 is 0 Å². The van der Waals surface area contributed by atoms with Crippen molar-refractivity contribution in [2.45, 2.75) is 32.5 Å². The molecule has 0 saturated heterocycles. The van der Waals surface area contributed by atoms with E-state index in [1.54, 1.807) is 6.33 Å². The molecule has 2 N–H and O–H groups in total. The number of halogens is 1. The van der Waals surface area contributed by atoms with Crippen molar-refractivity contribution in [2.75, 3.05) is 5.32 Å². The topological polar surface area (TPSA) is 75.9 Å². The zero-order valence-electron chi connectivity index (χ0n) is 12.8. The second-order valence-corrected chi connectivity index (χ2v) is 5.77. The second kappa shape index (κ2) is 6.93. The van der Waals surface area contributed by atoms with Crippen LogP contribution < -0.4 is 5.32 Å². The Hall–Kier alpha value is -2.18. The molecule has 23 heavy (non-hydrogen) atoms. The van der Waals surface area contributed by atoms with E-state index in [1.807, 2.05) is 35.8 Å². The molecule has 7 heteroatoms. The fraction of sp³-hybridized carbons (Fsp3) is 0.312. The number of nitrogens with one attached hydrogen (secondary N) is 1. The molecular weight excluding hydrogens is 314 g/mol. The predicted octanol–water partition coefficient (Wildman–Crippen LogP) is 2.86. The number of anilines is 1. The maximum Gasteiger partial charge on any atom is 0.165 e. The minimum Gasteiger partial charge on any atom is -0.391 e. The molecule has 0 aliphatic heterocycles. The van der Waals surface area contributed by atoms with Gasteiger partial charge in [-0.3, -0.25) is 0 Å². The average Bonchev–Trinajstić information content (AvgIpc) is 2.98. The first-order chi connectivity index (χ1) is 11.2. The van der Waals surface area contributed by atoms with Crippen LogP contribution >= 0.6 is 11.6 Å². The summed E-state index contributed by atoms with van der Waals surface area (Å²) in [5, 5.41) is 13.8. The third kappa shape index (κ3) is 3.60. The van der Waals surface area contributed by atoms with Crippen molar-refractivity contribution in [2.24, 2.45) is 0 Å². The first-order valence-corrected chi connectivity index (χ1v) is 7.87. The van der Waals surface area contributed by atoms with E-state index < -0.39 is 6.10 Å². The van der Waals surface area contributed by atoms with E-state index in [2.05, 4.69) is 20.3 Å². The van der Waals surface area contributed by atoms with Gasteiger partial charge in [-0.25, -0.2) is 15.0 Å². The average molecular weight is 332 g/mol. The molecule has 3 aromatic rings. The lowest BCUT2D eigenvalue weighted by Gasteiger charge is -2.09. The van der Waals surface area contributed by atoms with Crippen LogP contribution in [0.25, 0.3) is 11.2 Å². The van der Waals surface area contributed by atoms with Gasteiger partial charge in [0.2, 0.25) is 0 Å². The Morgan fingerprint density at radius 2 is 2.00 bits per heavy atom. The van der Waals surface area contributed by atoms with Gasteiger partial charge in [0.25, 0.3) is 0 Å². The van der Waals surface area contributed by atoms with Crippen molar-refractivity contribution >= 4 is 28.6 Å². The summed E-state index contributed by atoms with van der Waals surface area (Å²) in [5.41, 5.74) is 2.51. The number of benzene rings is 1. The number of hydrogen-bond donors (Lipinski definition) is 2. The van der Waals surface area contributed by atoms with Crippen molar-refractivity contribution in [3.05, 3.63) is 47.5 Å². The number of aromatic nitrogens is 4. The minimum absolute atomic E-state index is 0.409. The lowest BCUT2D eigenvalue weighted by atomic mass is 10.2. The molecule has 0 aliphatic carbocycles. The molecule has 6 nitrogen and oxygen atoms in total. The Labute approximate surface area is 139 Å². The van der Waals surface area contributed by atoms with E-state index in [4.69, 9.17) is 11.6 Å². The lowest BCUT2D eigenvalue weighted by Crippen LogP contribution is -2.14. The van der Waals surface area contributed by atoms with Gasteiger partial charge in [0.15, 0.2) is 11.5 Å².